The molecule has 0 saturated heterocycles. The molecule has 0 aliphatic rings. The van der Waals surface area contributed by atoms with Gasteiger partial charge in [0.05, 0.1) is 18.4 Å². The smallest absolute Gasteiger partial charge is 0.357 e. The van der Waals surface area contributed by atoms with Crippen molar-refractivity contribution in [2.75, 3.05) is 6.61 Å². The van der Waals surface area contributed by atoms with Crippen molar-refractivity contribution in [3.8, 4) is 17.0 Å². The molecule has 1 aromatic carbocycles. The van der Waals surface area contributed by atoms with Crippen molar-refractivity contribution in [2.45, 2.75) is 33.8 Å². The molecule has 0 aliphatic carbocycles. The highest BCUT2D eigenvalue weighted by molar-refractivity contribution is 5.88. The lowest BCUT2D eigenvalue weighted by Gasteiger charge is -2.10. The largest absolute Gasteiger partial charge is 0.494 e. The fourth-order valence-corrected chi connectivity index (χ4v) is 2.08. The maximum atomic E-state index is 12.0. The maximum Gasteiger partial charge on any atom is 0.357 e. The molecule has 0 atom stereocenters. The second-order valence-electron chi connectivity index (χ2n) is 5.33. The van der Waals surface area contributed by atoms with E-state index in [0.717, 1.165) is 22.6 Å². The number of pyridine rings is 1. The summed E-state index contributed by atoms with van der Waals surface area (Å²) >= 11 is 0. The number of nitrogens with zero attached hydrogens (tertiary/aromatic N) is 1. The van der Waals surface area contributed by atoms with E-state index >= 15 is 0 Å². The number of aryl methyl sites for hydroxylation is 1. The van der Waals surface area contributed by atoms with Gasteiger partial charge in [-0.05, 0) is 69.7 Å². The van der Waals surface area contributed by atoms with E-state index in [9.17, 15) is 4.79 Å². The number of benzene rings is 1. The average molecular weight is 299 g/mol. The molecule has 1 heterocycles. The minimum atomic E-state index is -0.397. The third-order valence-corrected chi connectivity index (χ3v) is 2.98. The van der Waals surface area contributed by atoms with Crippen LogP contribution in [-0.2, 0) is 4.74 Å². The van der Waals surface area contributed by atoms with E-state index < -0.39 is 5.97 Å². The maximum absolute atomic E-state index is 12.0. The van der Waals surface area contributed by atoms with Gasteiger partial charge in [-0.2, -0.15) is 0 Å². The molecule has 0 N–H and O–H groups in total. The lowest BCUT2D eigenvalue weighted by atomic mass is 10.1. The van der Waals surface area contributed by atoms with E-state index in [1.807, 2.05) is 58.0 Å². The zero-order valence-corrected chi connectivity index (χ0v) is 13.4. The van der Waals surface area contributed by atoms with Gasteiger partial charge in [-0.25, -0.2) is 9.78 Å². The van der Waals surface area contributed by atoms with Gasteiger partial charge >= 0.3 is 5.97 Å². The molecule has 4 nitrogen and oxygen atoms in total. The first-order valence-corrected chi connectivity index (χ1v) is 7.42. The molecule has 0 saturated carbocycles. The molecule has 0 aliphatic heterocycles. The van der Waals surface area contributed by atoms with Crippen LogP contribution in [0.25, 0.3) is 11.3 Å². The first kappa shape index (κ1) is 16.0. The third-order valence-electron chi connectivity index (χ3n) is 2.98. The van der Waals surface area contributed by atoms with Crippen molar-refractivity contribution in [3.63, 3.8) is 0 Å². The van der Waals surface area contributed by atoms with Crippen LogP contribution in [0.3, 0.4) is 0 Å². The molecule has 2 aromatic rings. The minimum Gasteiger partial charge on any atom is -0.494 e. The molecule has 22 heavy (non-hydrogen) atoms. The zero-order valence-electron chi connectivity index (χ0n) is 13.4. The quantitative estimate of drug-likeness (QED) is 0.782. The molecular weight excluding hydrogens is 278 g/mol. The molecule has 0 fully saturated rings. The van der Waals surface area contributed by atoms with Gasteiger partial charge in [0, 0.05) is 5.56 Å². The molecule has 2 rings (SSSR count). The highest BCUT2D eigenvalue weighted by Gasteiger charge is 2.13. The van der Waals surface area contributed by atoms with Crippen LogP contribution < -0.4 is 4.74 Å². The molecule has 0 amide bonds. The summed E-state index contributed by atoms with van der Waals surface area (Å²) in [6.07, 6.45) is -0.163. The van der Waals surface area contributed by atoms with Gasteiger partial charge in [-0.3, -0.25) is 0 Å². The molecular formula is C18H21NO3. The Balaban J connectivity index is 2.31. The number of ether oxygens (including phenoxy) is 2. The monoisotopic (exact) mass is 299 g/mol. The first-order chi connectivity index (χ1) is 10.5. The summed E-state index contributed by atoms with van der Waals surface area (Å²) in [6, 6.07) is 11.4. The average Bonchev–Trinajstić information content (AvgIpc) is 2.47. The summed E-state index contributed by atoms with van der Waals surface area (Å²) < 4.78 is 10.6. The number of hydrogen-bond donors (Lipinski definition) is 0. The fraction of sp³-hybridized carbons (Fsp3) is 0.333. The number of carbonyl (C=O) groups is 1. The van der Waals surface area contributed by atoms with Gasteiger partial charge in [0.2, 0.25) is 0 Å². The number of carbonyl (C=O) groups excluding carboxylic acids is 1. The van der Waals surface area contributed by atoms with Crippen molar-refractivity contribution in [1.82, 2.24) is 4.98 Å². The molecule has 0 spiro atoms. The van der Waals surface area contributed by atoms with E-state index in [-0.39, 0.29) is 6.10 Å². The third kappa shape index (κ3) is 4.07. The molecule has 4 heteroatoms. The Morgan fingerprint density at radius 1 is 1.18 bits per heavy atom. The molecule has 0 radical (unpaired) electrons. The summed E-state index contributed by atoms with van der Waals surface area (Å²) in [5.41, 5.74) is 2.98. The van der Waals surface area contributed by atoms with Crippen LogP contribution in [0, 0.1) is 6.92 Å². The fourth-order valence-electron chi connectivity index (χ4n) is 2.08. The van der Waals surface area contributed by atoms with Crippen molar-refractivity contribution in [3.05, 3.63) is 47.7 Å². The predicted molar refractivity (Wildman–Crippen MR) is 86.1 cm³/mol. The number of hydrogen-bond acceptors (Lipinski definition) is 4. The van der Waals surface area contributed by atoms with Gasteiger partial charge < -0.3 is 9.47 Å². The Bertz CT molecular complexity index is 648. The van der Waals surface area contributed by atoms with Crippen molar-refractivity contribution in [1.29, 1.82) is 0 Å². The second kappa shape index (κ2) is 7.07. The molecule has 116 valence electrons. The summed E-state index contributed by atoms with van der Waals surface area (Å²) in [7, 11) is 0. The van der Waals surface area contributed by atoms with Gasteiger partial charge in [0.25, 0.3) is 0 Å². The van der Waals surface area contributed by atoms with E-state index in [0.29, 0.717) is 12.3 Å². The number of rotatable bonds is 5. The Morgan fingerprint density at radius 2 is 1.86 bits per heavy atom. The van der Waals surface area contributed by atoms with Crippen LogP contribution >= 0.6 is 0 Å². The van der Waals surface area contributed by atoms with E-state index in [4.69, 9.17) is 9.47 Å². The Labute approximate surface area is 131 Å². The van der Waals surface area contributed by atoms with Crippen LogP contribution in [0.1, 0.15) is 36.8 Å². The summed E-state index contributed by atoms with van der Waals surface area (Å²) in [5, 5.41) is 0. The molecule has 0 unspecified atom stereocenters. The van der Waals surface area contributed by atoms with Gasteiger partial charge in [-0.15, -0.1) is 0 Å². The van der Waals surface area contributed by atoms with Gasteiger partial charge in [0.1, 0.15) is 11.4 Å². The summed E-state index contributed by atoms with van der Waals surface area (Å²) in [4.78, 5) is 16.4. The first-order valence-electron chi connectivity index (χ1n) is 7.42. The van der Waals surface area contributed by atoms with Crippen LogP contribution in [0.15, 0.2) is 36.4 Å². The van der Waals surface area contributed by atoms with Gasteiger partial charge in [0.15, 0.2) is 0 Å². The Hall–Kier alpha value is -2.36. The van der Waals surface area contributed by atoms with E-state index in [1.165, 1.54) is 0 Å². The minimum absolute atomic E-state index is 0.163. The predicted octanol–water partition coefficient (Wildman–Crippen LogP) is 4.02. The summed E-state index contributed by atoms with van der Waals surface area (Å²) in [5.74, 6) is 0.421. The zero-order chi connectivity index (χ0) is 16.1. The number of aromatic nitrogens is 1. The van der Waals surface area contributed by atoms with Crippen LogP contribution in [-0.4, -0.2) is 23.7 Å². The highest BCUT2D eigenvalue weighted by Crippen LogP contribution is 2.22. The van der Waals surface area contributed by atoms with Crippen molar-refractivity contribution >= 4 is 5.97 Å². The normalized spacial score (nSPS) is 10.6. The highest BCUT2D eigenvalue weighted by atomic mass is 16.5. The van der Waals surface area contributed by atoms with Crippen molar-refractivity contribution in [2.24, 2.45) is 0 Å². The molecule has 0 bridgehead atoms. The standard InChI is InChI=1S/C18H21NO3/c1-5-21-15-8-6-14(7-9-15)16-10-13(4)11-17(19-16)18(20)22-12(2)3/h6-12H,5H2,1-4H3. The Morgan fingerprint density at radius 3 is 2.45 bits per heavy atom. The van der Waals surface area contributed by atoms with Gasteiger partial charge in [-0.1, -0.05) is 0 Å². The van der Waals surface area contributed by atoms with Crippen LogP contribution in [0.2, 0.25) is 0 Å². The lowest BCUT2D eigenvalue weighted by molar-refractivity contribution is 0.0371. The lowest BCUT2D eigenvalue weighted by Crippen LogP contribution is -2.13. The topological polar surface area (TPSA) is 48.4 Å². The summed E-state index contributed by atoms with van der Waals surface area (Å²) in [6.45, 7) is 8.16. The Kier molecular flexibility index (Phi) is 5.15. The van der Waals surface area contributed by atoms with E-state index in [1.54, 1.807) is 6.07 Å². The SMILES string of the molecule is CCOc1ccc(-c2cc(C)cc(C(=O)OC(C)C)n2)cc1. The number of esters is 1. The van der Waals surface area contributed by atoms with Crippen molar-refractivity contribution < 1.29 is 14.3 Å². The van der Waals surface area contributed by atoms with Crippen LogP contribution in [0.4, 0.5) is 0 Å². The molecule has 1 aromatic heterocycles. The van der Waals surface area contributed by atoms with Crippen LogP contribution in [0.5, 0.6) is 5.75 Å². The van der Waals surface area contributed by atoms with E-state index in [2.05, 4.69) is 4.98 Å². The second-order valence-corrected chi connectivity index (χ2v) is 5.33.